The van der Waals surface area contributed by atoms with Crippen molar-refractivity contribution in [2.45, 2.75) is 19.1 Å². The van der Waals surface area contributed by atoms with Crippen LogP contribution in [0.3, 0.4) is 0 Å². The van der Waals surface area contributed by atoms with E-state index in [2.05, 4.69) is 33.6 Å². The second kappa shape index (κ2) is 9.84. The molecule has 1 aromatic carbocycles. The molecule has 1 aliphatic heterocycles. The molecule has 0 spiro atoms. The van der Waals surface area contributed by atoms with Crippen molar-refractivity contribution < 1.29 is 14.3 Å². The number of amides is 1. The van der Waals surface area contributed by atoms with E-state index >= 15 is 0 Å². The summed E-state index contributed by atoms with van der Waals surface area (Å²) in [6, 6.07) is 17.2. The molecule has 1 saturated heterocycles. The second-order valence-electron chi connectivity index (χ2n) is 7.22. The lowest BCUT2D eigenvalue weighted by Gasteiger charge is -2.37. The van der Waals surface area contributed by atoms with Crippen LogP contribution < -0.4 is 10.1 Å². The van der Waals surface area contributed by atoms with E-state index in [0.29, 0.717) is 30.3 Å². The first-order valence-corrected chi connectivity index (χ1v) is 10.9. The van der Waals surface area contributed by atoms with Crippen LogP contribution in [0.15, 0.2) is 66.2 Å². The highest BCUT2D eigenvalue weighted by molar-refractivity contribution is 7.10. The fraction of sp³-hybridized carbons (Fsp3) is 0.304. The van der Waals surface area contributed by atoms with Crippen molar-refractivity contribution in [3.63, 3.8) is 0 Å². The molecule has 156 valence electrons. The van der Waals surface area contributed by atoms with Crippen LogP contribution in [0.5, 0.6) is 11.6 Å². The van der Waals surface area contributed by atoms with Crippen LogP contribution in [0.2, 0.25) is 0 Å². The Morgan fingerprint density at radius 2 is 2.13 bits per heavy atom. The number of nitrogens with one attached hydrogen (secondary N) is 1. The van der Waals surface area contributed by atoms with E-state index in [1.54, 1.807) is 29.7 Å². The van der Waals surface area contributed by atoms with Crippen LogP contribution in [-0.4, -0.2) is 48.1 Å². The Balaban J connectivity index is 1.38. The Morgan fingerprint density at radius 3 is 2.83 bits per heavy atom. The number of benzene rings is 1. The summed E-state index contributed by atoms with van der Waals surface area (Å²) in [5.74, 6) is 1.02. The number of hydrogen-bond donors (Lipinski definition) is 1. The fourth-order valence-corrected chi connectivity index (χ4v) is 4.36. The molecule has 0 saturated carbocycles. The number of aromatic nitrogens is 1. The summed E-state index contributed by atoms with van der Waals surface area (Å²) in [6.45, 7) is 5.04. The minimum absolute atomic E-state index is 0.133. The maximum Gasteiger partial charge on any atom is 0.252 e. The van der Waals surface area contributed by atoms with E-state index < -0.39 is 0 Å². The van der Waals surface area contributed by atoms with Gasteiger partial charge in [0.25, 0.3) is 5.91 Å². The van der Waals surface area contributed by atoms with Crippen LogP contribution in [0.1, 0.15) is 28.2 Å². The maximum atomic E-state index is 12.7. The largest absolute Gasteiger partial charge is 0.439 e. The lowest BCUT2D eigenvalue weighted by atomic mass is 10.1. The molecule has 1 N–H and O–H groups in total. The van der Waals surface area contributed by atoms with Gasteiger partial charge in [-0.3, -0.25) is 9.69 Å². The SMILES string of the molecule is CC1CN(C(CNC(=O)c2ccc(Oc3ccccc3)nc2)c2cccs2)CCO1. The third-order valence-corrected chi connectivity index (χ3v) is 5.98. The van der Waals surface area contributed by atoms with E-state index in [1.807, 2.05) is 36.4 Å². The summed E-state index contributed by atoms with van der Waals surface area (Å²) in [7, 11) is 0. The highest BCUT2D eigenvalue weighted by Crippen LogP contribution is 2.26. The van der Waals surface area contributed by atoms with Gasteiger partial charge in [0.2, 0.25) is 5.88 Å². The van der Waals surface area contributed by atoms with E-state index in [1.165, 1.54) is 4.88 Å². The molecule has 1 aliphatic rings. The summed E-state index contributed by atoms with van der Waals surface area (Å²) >= 11 is 1.71. The normalized spacial score (nSPS) is 18.0. The molecular formula is C23H25N3O3S. The molecule has 2 aromatic heterocycles. The molecule has 30 heavy (non-hydrogen) atoms. The summed E-state index contributed by atoms with van der Waals surface area (Å²) in [6.07, 6.45) is 1.74. The zero-order valence-corrected chi connectivity index (χ0v) is 17.7. The van der Waals surface area contributed by atoms with Gasteiger partial charge < -0.3 is 14.8 Å². The van der Waals surface area contributed by atoms with Crippen LogP contribution in [0.25, 0.3) is 0 Å². The van der Waals surface area contributed by atoms with Gasteiger partial charge >= 0.3 is 0 Å². The Hall–Kier alpha value is -2.74. The van der Waals surface area contributed by atoms with Gasteiger partial charge in [0.1, 0.15) is 5.75 Å². The molecule has 0 bridgehead atoms. The molecule has 3 aromatic rings. The molecule has 0 radical (unpaired) electrons. The topological polar surface area (TPSA) is 63.7 Å². The predicted molar refractivity (Wildman–Crippen MR) is 117 cm³/mol. The van der Waals surface area contributed by atoms with Crippen LogP contribution in [-0.2, 0) is 4.74 Å². The number of para-hydroxylation sites is 1. The molecule has 2 unspecified atom stereocenters. The van der Waals surface area contributed by atoms with Crippen molar-refractivity contribution in [1.29, 1.82) is 0 Å². The highest BCUT2D eigenvalue weighted by Gasteiger charge is 2.26. The summed E-state index contributed by atoms with van der Waals surface area (Å²) in [4.78, 5) is 20.6. The number of carbonyl (C=O) groups excluding carboxylic acids is 1. The summed E-state index contributed by atoms with van der Waals surface area (Å²) < 4.78 is 11.4. The van der Waals surface area contributed by atoms with Crippen molar-refractivity contribution in [2.75, 3.05) is 26.2 Å². The van der Waals surface area contributed by atoms with Crippen LogP contribution >= 0.6 is 11.3 Å². The van der Waals surface area contributed by atoms with Crippen molar-refractivity contribution in [3.05, 3.63) is 76.6 Å². The van der Waals surface area contributed by atoms with Gasteiger partial charge in [0, 0.05) is 36.8 Å². The van der Waals surface area contributed by atoms with Crippen LogP contribution in [0.4, 0.5) is 0 Å². The third-order valence-electron chi connectivity index (χ3n) is 5.00. The molecule has 2 atom stereocenters. The summed E-state index contributed by atoms with van der Waals surface area (Å²) in [5.41, 5.74) is 0.510. The number of ether oxygens (including phenoxy) is 2. The van der Waals surface area contributed by atoms with Gasteiger partial charge in [-0.25, -0.2) is 4.98 Å². The Labute approximate surface area is 180 Å². The average molecular weight is 424 g/mol. The van der Waals surface area contributed by atoms with Crippen molar-refractivity contribution in [1.82, 2.24) is 15.2 Å². The first kappa shape index (κ1) is 20.5. The molecule has 3 heterocycles. The van der Waals surface area contributed by atoms with Crippen molar-refractivity contribution >= 4 is 17.2 Å². The number of nitrogens with zero attached hydrogens (tertiary/aromatic N) is 2. The van der Waals surface area contributed by atoms with Crippen molar-refractivity contribution in [2.24, 2.45) is 0 Å². The number of morpholine rings is 1. The minimum Gasteiger partial charge on any atom is -0.439 e. The van der Waals surface area contributed by atoms with Gasteiger partial charge in [-0.15, -0.1) is 11.3 Å². The highest BCUT2D eigenvalue weighted by atomic mass is 32.1. The maximum absolute atomic E-state index is 12.7. The standard InChI is InChI=1S/C23H25N3O3S/c1-17-16-26(11-12-28-17)20(21-8-5-13-30-21)15-25-23(27)18-9-10-22(24-14-18)29-19-6-3-2-4-7-19/h2-10,13-14,17,20H,11-12,15-16H2,1H3,(H,25,27). The van der Waals surface area contributed by atoms with Crippen LogP contribution in [0, 0.1) is 0 Å². The second-order valence-corrected chi connectivity index (χ2v) is 8.20. The van der Waals surface area contributed by atoms with E-state index in [0.717, 1.165) is 13.1 Å². The number of hydrogen-bond acceptors (Lipinski definition) is 6. The lowest BCUT2D eigenvalue weighted by molar-refractivity contribution is -0.0336. The lowest BCUT2D eigenvalue weighted by Crippen LogP contribution is -2.46. The van der Waals surface area contributed by atoms with E-state index in [4.69, 9.17) is 9.47 Å². The molecule has 6 nitrogen and oxygen atoms in total. The van der Waals surface area contributed by atoms with Gasteiger partial charge in [-0.2, -0.15) is 0 Å². The Morgan fingerprint density at radius 1 is 1.27 bits per heavy atom. The molecule has 0 aliphatic carbocycles. The van der Waals surface area contributed by atoms with Crippen molar-refractivity contribution in [3.8, 4) is 11.6 Å². The Bertz CT molecular complexity index is 932. The van der Waals surface area contributed by atoms with Gasteiger partial charge in [0.05, 0.1) is 24.3 Å². The number of carbonyl (C=O) groups is 1. The predicted octanol–water partition coefficient (Wildman–Crippen LogP) is 4.13. The summed E-state index contributed by atoms with van der Waals surface area (Å²) in [5, 5.41) is 5.15. The number of pyridine rings is 1. The smallest absolute Gasteiger partial charge is 0.252 e. The zero-order valence-electron chi connectivity index (χ0n) is 16.9. The number of rotatable bonds is 7. The zero-order chi connectivity index (χ0) is 20.8. The number of thiophene rings is 1. The third kappa shape index (κ3) is 5.24. The van der Waals surface area contributed by atoms with Gasteiger partial charge in [-0.05, 0) is 36.6 Å². The Kier molecular flexibility index (Phi) is 6.74. The first-order valence-electron chi connectivity index (χ1n) is 10.1. The minimum atomic E-state index is -0.142. The molecular weight excluding hydrogens is 398 g/mol. The molecule has 7 heteroatoms. The fourth-order valence-electron chi connectivity index (χ4n) is 3.49. The average Bonchev–Trinajstić information content (AvgIpc) is 3.30. The van der Waals surface area contributed by atoms with E-state index in [-0.39, 0.29) is 18.1 Å². The quantitative estimate of drug-likeness (QED) is 0.619. The van der Waals surface area contributed by atoms with E-state index in [9.17, 15) is 4.79 Å². The van der Waals surface area contributed by atoms with Gasteiger partial charge in [0.15, 0.2) is 0 Å². The molecule has 1 fully saturated rings. The first-order chi connectivity index (χ1) is 14.7. The molecule has 1 amide bonds. The molecule has 4 rings (SSSR count). The monoisotopic (exact) mass is 423 g/mol. The van der Waals surface area contributed by atoms with Gasteiger partial charge in [-0.1, -0.05) is 24.3 Å².